The molecule has 7 heteroatoms. The molecule has 0 aliphatic rings. The molecule has 0 bridgehead atoms. The van der Waals surface area contributed by atoms with E-state index in [4.69, 9.17) is 17.0 Å². The normalized spacial score (nSPS) is 11.0. The molecule has 0 unspecified atom stereocenters. The smallest absolute Gasteiger partial charge is 0.216 e. The van der Waals surface area contributed by atoms with Gasteiger partial charge in [0.2, 0.25) is 4.77 Å². The topological polar surface area (TPSA) is 58.4 Å². The van der Waals surface area contributed by atoms with Crippen molar-refractivity contribution in [3.05, 3.63) is 58.9 Å². The predicted molar refractivity (Wildman–Crippen MR) is 108 cm³/mol. The summed E-state index contributed by atoms with van der Waals surface area (Å²) in [5, 5.41) is 11.6. The lowest BCUT2D eigenvalue weighted by Gasteiger charge is -2.11. The highest BCUT2D eigenvalue weighted by molar-refractivity contribution is 7.71. The van der Waals surface area contributed by atoms with Crippen LogP contribution in [0.25, 0.3) is 11.4 Å². The van der Waals surface area contributed by atoms with E-state index in [2.05, 4.69) is 20.2 Å². The van der Waals surface area contributed by atoms with Crippen molar-refractivity contribution in [2.75, 3.05) is 25.6 Å². The second kappa shape index (κ2) is 7.97. The third kappa shape index (κ3) is 4.00. The zero-order valence-electron chi connectivity index (χ0n) is 15.0. The molecule has 0 amide bonds. The van der Waals surface area contributed by atoms with Crippen molar-refractivity contribution in [2.45, 2.75) is 6.92 Å². The van der Waals surface area contributed by atoms with Gasteiger partial charge in [-0.15, -0.1) is 0 Å². The van der Waals surface area contributed by atoms with Crippen molar-refractivity contribution in [1.29, 1.82) is 0 Å². The fraction of sp³-hybridized carbons (Fsp3) is 0.211. The number of hydrogen-bond acceptors (Lipinski definition) is 5. The van der Waals surface area contributed by atoms with Crippen LogP contribution in [0, 0.1) is 4.77 Å². The van der Waals surface area contributed by atoms with Gasteiger partial charge in [-0.1, -0.05) is 12.1 Å². The molecule has 2 aromatic carbocycles. The third-order valence-corrected chi connectivity index (χ3v) is 4.07. The quantitative estimate of drug-likeness (QED) is 0.529. The monoisotopic (exact) mass is 367 g/mol. The molecule has 1 aromatic heterocycles. The molecule has 26 heavy (non-hydrogen) atoms. The molecule has 0 aliphatic carbocycles. The lowest BCUT2D eigenvalue weighted by molar-refractivity contribution is 0.340. The highest BCUT2D eigenvalue weighted by Gasteiger charge is 2.08. The van der Waals surface area contributed by atoms with Crippen LogP contribution in [-0.2, 0) is 0 Å². The van der Waals surface area contributed by atoms with Gasteiger partial charge in [-0.05, 0) is 61.1 Å². The van der Waals surface area contributed by atoms with Crippen LogP contribution in [0.2, 0.25) is 0 Å². The lowest BCUT2D eigenvalue weighted by atomic mass is 10.2. The molecule has 134 valence electrons. The summed E-state index contributed by atoms with van der Waals surface area (Å²) in [4.78, 5) is 2.05. The number of hydrogen-bond donors (Lipinski definition) is 1. The average Bonchev–Trinajstić information content (AvgIpc) is 3.02. The van der Waals surface area contributed by atoms with Crippen molar-refractivity contribution in [1.82, 2.24) is 14.9 Å². The molecular formula is C19H21N5OS. The Morgan fingerprint density at radius 3 is 2.46 bits per heavy atom. The molecule has 3 aromatic rings. The van der Waals surface area contributed by atoms with Gasteiger partial charge in [0.15, 0.2) is 5.82 Å². The number of benzene rings is 2. The Balaban J connectivity index is 1.86. The molecule has 6 nitrogen and oxygen atoms in total. The predicted octanol–water partition coefficient (Wildman–Crippen LogP) is 3.95. The summed E-state index contributed by atoms with van der Waals surface area (Å²) in [6.07, 6.45) is 1.77. The molecule has 0 atom stereocenters. The lowest BCUT2D eigenvalue weighted by Crippen LogP contribution is -2.08. The van der Waals surface area contributed by atoms with Crippen LogP contribution < -0.4 is 9.64 Å². The van der Waals surface area contributed by atoms with Gasteiger partial charge in [-0.3, -0.25) is 0 Å². The van der Waals surface area contributed by atoms with Crippen LogP contribution in [0.3, 0.4) is 0 Å². The van der Waals surface area contributed by atoms with E-state index in [0.717, 1.165) is 22.6 Å². The van der Waals surface area contributed by atoms with Crippen LogP contribution in [-0.4, -0.2) is 41.8 Å². The molecule has 0 radical (unpaired) electrons. The van der Waals surface area contributed by atoms with Crippen LogP contribution >= 0.6 is 12.2 Å². The van der Waals surface area contributed by atoms with Gasteiger partial charge in [-0.2, -0.15) is 14.9 Å². The van der Waals surface area contributed by atoms with E-state index in [1.165, 1.54) is 0 Å². The minimum Gasteiger partial charge on any atom is -0.494 e. The summed E-state index contributed by atoms with van der Waals surface area (Å²) in [5.41, 5.74) is 3.02. The summed E-state index contributed by atoms with van der Waals surface area (Å²) in [7, 11) is 4.02. The zero-order chi connectivity index (χ0) is 18.5. The van der Waals surface area contributed by atoms with Crippen LogP contribution in [0.4, 0.5) is 5.69 Å². The first kappa shape index (κ1) is 17.9. The fourth-order valence-corrected chi connectivity index (χ4v) is 2.61. The maximum atomic E-state index is 5.48. The van der Waals surface area contributed by atoms with E-state index < -0.39 is 0 Å². The molecule has 3 rings (SSSR count). The maximum Gasteiger partial charge on any atom is 0.216 e. The summed E-state index contributed by atoms with van der Waals surface area (Å²) in [5.74, 6) is 1.47. The van der Waals surface area contributed by atoms with Gasteiger partial charge in [0.25, 0.3) is 0 Å². The van der Waals surface area contributed by atoms with Crippen LogP contribution in [0.5, 0.6) is 5.75 Å². The fourth-order valence-electron chi connectivity index (χ4n) is 2.44. The Morgan fingerprint density at radius 1 is 1.15 bits per heavy atom. The molecule has 0 spiro atoms. The number of anilines is 1. The number of nitrogens with zero attached hydrogens (tertiary/aromatic N) is 4. The number of aromatic amines is 1. The van der Waals surface area contributed by atoms with Gasteiger partial charge >= 0.3 is 0 Å². The Bertz CT molecular complexity index is 939. The van der Waals surface area contributed by atoms with Crippen molar-refractivity contribution in [3.8, 4) is 17.1 Å². The van der Waals surface area contributed by atoms with Crippen LogP contribution in [0.15, 0.2) is 53.6 Å². The number of rotatable bonds is 6. The van der Waals surface area contributed by atoms with E-state index in [9.17, 15) is 0 Å². The number of ether oxygens (including phenoxy) is 1. The number of nitrogens with one attached hydrogen (secondary N) is 1. The summed E-state index contributed by atoms with van der Waals surface area (Å²) < 4.78 is 7.53. The number of aromatic nitrogens is 3. The second-order valence-electron chi connectivity index (χ2n) is 5.85. The first-order valence-corrected chi connectivity index (χ1v) is 8.71. The molecule has 0 aliphatic heterocycles. The van der Waals surface area contributed by atoms with Crippen molar-refractivity contribution in [2.24, 2.45) is 5.10 Å². The SMILES string of the molecule is CCOc1ccc(-c2n[nH]c(=S)n2/N=C\c2ccc(N(C)C)cc2)cc1. The molecule has 1 N–H and O–H groups in total. The Labute approximate surface area is 157 Å². The van der Waals surface area contributed by atoms with Gasteiger partial charge in [0.05, 0.1) is 12.8 Å². The molecule has 0 saturated carbocycles. The summed E-state index contributed by atoms with van der Waals surface area (Å²) in [6, 6.07) is 15.8. The van der Waals surface area contributed by atoms with Gasteiger partial charge < -0.3 is 9.64 Å². The van der Waals surface area contributed by atoms with Gasteiger partial charge in [0, 0.05) is 25.3 Å². The highest BCUT2D eigenvalue weighted by Crippen LogP contribution is 2.21. The standard InChI is InChI=1S/C19H21N5OS/c1-4-25-17-11-7-15(8-12-17)18-21-22-19(26)24(18)20-13-14-5-9-16(10-6-14)23(2)3/h5-13H,4H2,1-3H3,(H,22,26)/b20-13-. The van der Waals surface area contributed by atoms with Crippen molar-refractivity contribution in [3.63, 3.8) is 0 Å². The molecule has 0 saturated heterocycles. The van der Waals surface area contributed by atoms with E-state index in [1.54, 1.807) is 10.9 Å². The molecule has 0 fully saturated rings. The Morgan fingerprint density at radius 2 is 1.85 bits per heavy atom. The van der Waals surface area contributed by atoms with Crippen molar-refractivity contribution >= 4 is 24.1 Å². The minimum absolute atomic E-state index is 0.440. The summed E-state index contributed by atoms with van der Waals surface area (Å²) in [6.45, 7) is 2.59. The minimum atomic E-state index is 0.440. The zero-order valence-corrected chi connectivity index (χ0v) is 15.8. The Kier molecular flexibility index (Phi) is 5.48. The van der Waals surface area contributed by atoms with E-state index >= 15 is 0 Å². The third-order valence-electron chi connectivity index (χ3n) is 3.81. The molecule has 1 heterocycles. The number of H-pyrrole nitrogens is 1. The first-order chi connectivity index (χ1) is 12.6. The average molecular weight is 367 g/mol. The van der Waals surface area contributed by atoms with Crippen LogP contribution in [0.1, 0.15) is 12.5 Å². The van der Waals surface area contributed by atoms with Crippen molar-refractivity contribution < 1.29 is 4.74 Å². The molecular weight excluding hydrogens is 346 g/mol. The van der Waals surface area contributed by atoms with Gasteiger partial charge in [-0.25, -0.2) is 5.10 Å². The van der Waals surface area contributed by atoms with Gasteiger partial charge in [0.1, 0.15) is 5.75 Å². The summed E-state index contributed by atoms with van der Waals surface area (Å²) >= 11 is 5.31. The largest absolute Gasteiger partial charge is 0.494 e. The maximum absolute atomic E-state index is 5.48. The van der Waals surface area contributed by atoms with E-state index in [-0.39, 0.29) is 0 Å². The Hall–Kier alpha value is -2.93. The first-order valence-electron chi connectivity index (χ1n) is 8.31. The highest BCUT2D eigenvalue weighted by atomic mass is 32.1. The second-order valence-corrected chi connectivity index (χ2v) is 6.24. The van der Waals surface area contributed by atoms with E-state index in [0.29, 0.717) is 17.2 Å². The van der Waals surface area contributed by atoms with E-state index in [1.807, 2.05) is 69.6 Å².